The number of carbonyl (C=O) groups excluding carboxylic acids is 2. The van der Waals surface area contributed by atoms with E-state index in [0.717, 1.165) is 27.8 Å². The highest BCUT2D eigenvalue weighted by atomic mass is 16.7. The minimum atomic E-state index is -1.27. The van der Waals surface area contributed by atoms with Crippen molar-refractivity contribution < 1.29 is 47.5 Å². The van der Waals surface area contributed by atoms with Crippen LogP contribution in [-0.4, -0.2) is 68.6 Å². The maximum Gasteiger partial charge on any atom is 0.408 e. The number of rotatable bonds is 20. The van der Waals surface area contributed by atoms with Crippen LogP contribution in [0.4, 0.5) is 4.79 Å². The molecular formula is C47H51NO10. The third kappa shape index (κ3) is 12.8. The molecule has 7 atom stereocenters. The summed E-state index contributed by atoms with van der Waals surface area (Å²) in [5.41, 5.74) is 4.61. The van der Waals surface area contributed by atoms with Gasteiger partial charge < -0.3 is 43.2 Å². The van der Waals surface area contributed by atoms with Crippen LogP contribution in [0.1, 0.15) is 34.7 Å². The molecule has 58 heavy (non-hydrogen) atoms. The summed E-state index contributed by atoms with van der Waals surface area (Å²) in [6.45, 7) is 2.80. The number of hydrogen-bond acceptors (Lipinski definition) is 10. The summed E-state index contributed by atoms with van der Waals surface area (Å²) >= 11 is 0. The van der Waals surface area contributed by atoms with Crippen LogP contribution in [0.15, 0.2) is 152 Å². The molecule has 1 amide bonds. The van der Waals surface area contributed by atoms with Gasteiger partial charge in [-0.2, -0.15) is 0 Å². The number of carbonyl (C=O) groups is 2. The summed E-state index contributed by atoms with van der Waals surface area (Å²) in [7, 11) is 1.24. The van der Waals surface area contributed by atoms with Crippen LogP contribution in [-0.2, 0) is 75.7 Å². The molecule has 0 aliphatic carbocycles. The van der Waals surface area contributed by atoms with Crippen molar-refractivity contribution in [3.8, 4) is 0 Å². The SMILES string of the molecule is COC(=O)[C@@H](NC(=O)OCc1ccccc1)[C@@H](C)O[C@H]1O[C@H](COCc2ccccc2)[C@@H](OCc2ccccc2)[C@H](OCc2ccccc2)[C@H]1OCc1ccccc1. The molecule has 1 N–H and O–H groups in total. The Labute approximate surface area is 340 Å². The average molecular weight is 790 g/mol. The minimum Gasteiger partial charge on any atom is -0.467 e. The zero-order chi connectivity index (χ0) is 40.4. The van der Waals surface area contributed by atoms with Gasteiger partial charge in [0.2, 0.25) is 0 Å². The lowest BCUT2D eigenvalue weighted by atomic mass is 9.97. The van der Waals surface area contributed by atoms with Crippen molar-refractivity contribution in [2.24, 2.45) is 0 Å². The van der Waals surface area contributed by atoms with E-state index in [1.165, 1.54) is 7.11 Å². The van der Waals surface area contributed by atoms with Gasteiger partial charge in [-0.3, -0.25) is 0 Å². The summed E-state index contributed by atoms with van der Waals surface area (Å²) in [6, 6.07) is 47.2. The fourth-order valence-corrected chi connectivity index (χ4v) is 6.53. The average Bonchev–Trinajstić information content (AvgIpc) is 3.27. The van der Waals surface area contributed by atoms with E-state index in [4.69, 9.17) is 37.9 Å². The third-order valence-corrected chi connectivity index (χ3v) is 9.60. The second kappa shape index (κ2) is 22.5. The van der Waals surface area contributed by atoms with Crippen LogP contribution in [0.3, 0.4) is 0 Å². The molecule has 0 spiro atoms. The summed E-state index contributed by atoms with van der Waals surface area (Å²) < 4.78 is 50.5. The highest BCUT2D eigenvalue weighted by Crippen LogP contribution is 2.32. The molecule has 304 valence electrons. The molecule has 1 fully saturated rings. The minimum absolute atomic E-state index is 0.00635. The van der Waals surface area contributed by atoms with E-state index >= 15 is 0 Å². The number of esters is 1. The Balaban J connectivity index is 1.30. The summed E-state index contributed by atoms with van der Waals surface area (Å²) in [6.07, 6.45) is -6.00. The van der Waals surface area contributed by atoms with E-state index in [9.17, 15) is 9.59 Å². The van der Waals surface area contributed by atoms with Crippen molar-refractivity contribution in [3.63, 3.8) is 0 Å². The van der Waals surface area contributed by atoms with Crippen molar-refractivity contribution in [1.82, 2.24) is 5.32 Å². The standard InChI is InChI=1S/C47H51NO10/c1-34(41(45(49)51-2)48-47(50)56-32-39-26-16-7-17-27-39)57-46-44(55-31-38-24-14-6-15-25-38)43(54-30-37-22-12-5-13-23-37)42(53-29-36-20-10-4-11-21-36)40(58-46)33-52-28-35-18-8-3-9-19-35/h3-27,34,40-44,46H,28-33H2,1-2H3,(H,48,50)/t34-,40-,41+,42-,43+,44-,46+/m1/s1. The van der Waals surface area contributed by atoms with Crippen molar-refractivity contribution in [1.29, 1.82) is 0 Å². The Hall–Kier alpha value is -5.40. The number of hydrogen-bond donors (Lipinski definition) is 1. The summed E-state index contributed by atoms with van der Waals surface area (Å²) in [4.78, 5) is 26.3. The first kappa shape index (κ1) is 42.2. The smallest absolute Gasteiger partial charge is 0.408 e. The number of amides is 1. The van der Waals surface area contributed by atoms with Gasteiger partial charge in [0.1, 0.15) is 31.0 Å². The molecule has 5 aromatic carbocycles. The van der Waals surface area contributed by atoms with E-state index < -0.39 is 54.9 Å². The monoisotopic (exact) mass is 789 g/mol. The number of alkyl carbamates (subject to hydrolysis) is 1. The maximum atomic E-state index is 13.2. The van der Waals surface area contributed by atoms with E-state index in [-0.39, 0.29) is 33.0 Å². The largest absolute Gasteiger partial charge is 0.467 e. The van der Waals surface area contributed by atoms with Gasteiger partial charge in [-0.25, -0.2) is 9.59 Å². The van der Waals surface area contributed by atoms with Gasteiger partial charge in [-0.05, 0) is 34.7 Å². The molecule has 0 unspecified atom stereocenters. The van der Waals surface area contributed by atoms with Crippen LogP contribution < -0.4 is 5.32 Å². The summed E-state index contributed by atoms with van der Waals surface area (Å²) in [5.74, 6) is -0.731. The van der Waals surface area contributed by atoms with Gasteiger partial charge in [0, 0.05) is 0 Å². The van der Waals surface area contributed by atoms with Gasteiger partial charge in [-0.1, -0.05) is 152 Å². The normalized spacial score (nSPS) is 20.1. The quantitative estimate of drug-likeness (QED) is 0.0792. The third-order valence-electron chi connectivity index (χ3n) is 9.60. The molecule has 11 heteroatoms. The van der Waals surface area contributed by atoms with E-state index in [2.05, 4.69) is 5.32 Å². The zero-order valence-electron chi connectivity index (χ0n) is 32.8. The molecule has 0 radical (unpaired) electrons. The molecule has 1 saturated heterocycles. The van der Waals surface area contributed by atoms with Crippen LogP contribution >= 0.6 is 0 Å². The highest BCUT2D eigenvalue weighted by molar-refractivity contribution is 5.81. The lowest BCUT2D eigenvalue weighted by Crippen LogP contribution is -2.63. The Morgan fingerprint density at radius 2 is 0.983 bits per heavy atom. The molecular weight excluding hydrogens is 739 g/mol. The van der Waals surface area contributed by atoms with Gasteiger partial charge in [0.15, 0.2) is 12.3 Å². The predicted molar refractivity (Wildman–Crippen MR) is 216 cm³/mol. The highest BCUT2D eigenvalue weighted by Gasteiger charge is 2.50. The lowest BCUT2D eigenvalue weighted by Gasteiger charge is -2.46. The summed E-state index contributed by atoms with van der Waals surface area (Å²) in [5, 5.41) is 2.63. The van der Waals surface area contributed by atoms with E-state index in [1.54, 1.807) is 6.92 Å². The first-order chi connectivity index (χ1) is 28.5. The Kier molecular flexibility index (Phi) is 16.4. The van der Waals surface area contributed by atoms with Gasteiger partial charge in [-0.15, -0.1) is 0 Å². The van der Waals surface area contributed by atoms with E-state index in [1.807, 2.05) is 152 Å². The van der Waals surface area contributed by atoms with Crippen LogP contribution in [0.2, 0.25) is 0 Å². The first-order valence-corrected chi connectivity index (χ1v) is 19.4. The van der Waals surface area contributed by atoms with Crippen molar-refractivity contribution in [2.45, 2.75) is 82.8 Å². The van der Waals surface area contributed by atoms with Gasteiger partial charge >= 0.3 is 12.1 Å². The van der Waals surface area contributed by atoms with Crippen LogP contribution in [0.5, 0.6) is 0 Å². The fourth-order valence-electron chi connectivity index (χ4n) is 6.53. The molecule has 5 aromatic rings. The number of benzene rings is 5. The fraction of sp³-hybridized carbons (Fsp3) is 0.319. The van der Waals surface area contributed by atoms with Crippen molar-refractivity contribution in [3.05, 3.63) is 179 Å². The first-order valence-electron chi connectivity index (χ1n) is 19.4. The number of nitrogens with one attached hydrogen (secondary N) is 1. The number of methoxy groups -OCH3 is 1. The Morgan fingerprint density at radius 3 is 1.45 bits per heavy atom. The molecule has 0 aromatic heterocycles. The molecule has 0 bridgehead atoms. The molecule has 1 aliphatic heterocycles. The topological polar surface area (TPSA) is 120 Å². The van der Waals surface area contributed by atoms with Crippen molar-refractivity contribution >= 4 is 12.1 Å². The Bertz CT molecular complexity index is 1920. The maximum absolute atomic E-state index is 13.2. The van der Waals surface area contributed by atoms with Gasteiger partial charge in [0.05, 0.1) is 46.2 Å². The Morgan fingerprint density at radius 1 is 0.569 bits per heavy atom. The lowest BCUT2D eigenvalue weighted by molar-refractivity contribution is -0.336. The number of ether oxygens (including phenoxy) is 8. The van der Waals surface area contributed by atoms with Crippen LogP contribution in [0, 0.1) is 0 Å². The van der Waals surface area contributed by atoms with Crippen LogP contribution in [0.25, 0.3) is 0 Å². The molecule has 1 heterocycles. The molecule has 6 rings (SSSR count). The molecule has 1 aliphatic rings. The molecule has 11 nitrogen and oxygen atoms in total. The van der Waals surface area contributed by atoms with Gasteiger partial charge in [0.25, 0.3) is 0 Å². The van der Waals surface area contributed by atoms with E-state index in [0.29, 0.717) is 6.61 Å². The van der Waals surface area contributed by atoms with Crippen molar-refractivity contribution in [2.75, 3.05) is 13.7 Å². The predicted octanol–water partition coefficient (Wildman–Crippen LogP) is 7.56. The zero-order valence-corrected chi connectivity index (χ0v) is 32.8. The second-order valence-corrected chi connectivity index (χ2v) is 13.9. The second-order valence-electron chi connectivity index (χ2n) is 13.9. The molecule has 0 saturated carbocycles.